The monoisotopic (exact) mass is 462 g/mol. The minimum Gasteiger partial charge on any atom is -0.493 e. The van der Waals surface area contributed by atoms with Crippen LogP contribution >= 0.6 is 11.3 Å². The first-order valence-electron chi connectivity index (χ1n) is 9.95. The van der Waals surface area contributed by atoms with Crippen molar-refractivity contribution in [3.05, 3.63) is 64.7 Å². The molecule has 0 bridgehead atoms. The van der Waals surface area contributed by atoms with Gasteiger partial charge in [-0.05, 0) is 48.7 Å². The zero-order valence-corrected chi connectivity index (χ0v) is 18.3. The number of ether oxygens (including phenoxy) is 2. The molecule has 3 aromatic rings. The number of benzene rings is 2. The van der Waals surface area contributed by atoms with Crippen LogP contribution in [-0.4, -0.2) is 36.1 Å². The lowest BCUT2D eigenvalue weighted by molar-refractivity contribution is -0.137. The van der Waals surface area contributed by atoms with Crippen molar-refractivity contribution in [2.24, 2.45) is 0 Å². The lowest BCUT2D eigenvalue weighted by Crippen LogP contribution is -2.32. The standard InChI is InChI=1S/C23H21F3N2O3S/c1-30-19-10-5-15(11-20(19)31-2)21-27-18(13-32-21)22(29)28(17-8-9-17)12-14-3-6-16(7-4-14)23(24,25)26/h3-7,10-11,13,17H,8-9,12H2,1-2H3. The number of nitrogens with zero attached hydrogens (tertiary/aromatic N) is 2. The van der Waals surface area contributed by atoms with Crippen molar-refractivity contribution in [2.75, 3.05) is 14.2 Å². The summed E-state index contributed by atoms with van der Waals surface area (Å²) in [6, 6.07) is 10.4. The van der Waals surface area contributed by atoms with Crippen LogP contribution < -0.4 is 9.47 Å². The van der Waals surface area contributed by atoms with Gasteiger partial charge < -0.3 is 14.4 Å². The van der Waals surface area contributed by atoms with Crippen LogP contribution in [0.15, 0.2) is 47.8 Å². The fraction of sp³-hybridized carbons (Fsp3) is 0.304. The van der Waals surface area contributed by atoms with Crippen LogP contribution in [0.5, 0.6) is 11.5 Å². The van der Waals surface area contributed by atoms with Gasteiger partial charge in [0.2, 0.25) is 0 Å². The molecule has 1 amide bonds. The molecule has 32 heavy (non-hydrogen) atoms. The molecule has 0 aliphatic heterocycles. The third kappa shape index (κ3) is 4.72. The lowest BCUT2D eigenvalue weighted by atomic mass is 10.1. The normalized spacial score (nSPS) is 13.7. The molecular formula is C23H21F3N2O3S. The summed E-state index contributed by atoms with van der Waals surface area (Å²) in [5, 5.41) is 2.37. The van der Waals surface area contributed by atoms with E-state index in [2.05, 4.69) is 4.98 Å². The molecule has 0 atom stereocenters. The molecule has 168 valence electrons. The number of carbonyl (C=O) groups excluding carboxylic acids is 1. The topological polar surface area (TPSA) is 51.7 Å². The lowest BCUT2D eigenvalue weighted by Gasteiger charge is -2.22. The highest BCUT2D eigenvalue weighted by Gasteiger charge is 2.34. The van der Waals surface area contributed by atoms with E-state index in [1.165, 1.54) is 23.5 Å². The molecule has 1 fully saturated rings. The van der Waals surface area contributed by atoms with Gasteiger partial charge in [0, 0.05) is 23.5 Å². The molecule has 0 saturated heterocycles. The van der Waals surface area contributed by atoms with Crippen molar-refractivity contribution in [3.8, 4) is 22.1 Å². The van der Waals surface area contributed by atoms with Gasteiger partial charge in [-0.2, -0.15) is 13.2 Å². The molecule has 9 heteroatoms. The summed E-state index contributed by atoms with van der Waals surface area (Å²) in [4.78, 5) is 19.4. The van der Waals surface area contributed by atoms with E-state index in [4.69, 9.17) is 9.47 Å². The molecule has 0 N–H and O–H groups in total. The Labute approximate surface area is 187 Å². The Bertz CT molecular complexity index is 1110. The Morgan fingerprint density at radius 1 is 1.09 bits per heavy atom. The minimum atomic E-state index is -4.38. The Morgan fingerprint density at radius 2 is 1.78 bits per heavy atom. The number of methoxy groups -OCH3 is 2. The first-order valence-corrected chi connectivity index (χ1v) is 10.8. The number of carbonyl (C=O) groups is 1. The average molecular weight is 462 g/mol. The second-order valence-electron chi connectivity index (χ2n) is 7.47. The maximum atomic E-state index is 13.2. The fourth-order valence-electron chi connectivity index (χ4n) is 3.37. The van der Waals surface area contributed by atoms with Gasteiger partial charge in [0.15, 0.2) is 11.5 Å². The van der Waals surface area contributed by atoms with E-state index >= 15 is 0 Å². The number of hydrogen-bond donors (Lipinski definition) is 0. The summed E-state index contributed by atoms with van der Waals surface area (Å²) in [5.41, 5.74) is 1.06. The smallest absolute Gasteiger partial charge is 0.416 e. The molecule has 1 aliphatic rings. The van der Waals surface area contributed by atoms with Gasteiger partial charge in [-0.25, -0.2) is 4.98 Å². The maximum absolute atomic E-state index is 13.2. The van der Waals surface area contributed by atoms with Gasteiger partial charge in [0.25, 0.3) is 5.91 Å². The van der Waals surface area contributed by atoms with E-state index in [0.29, 0.717) is 27.8 Å². The SMILES string of the molecule is COc1ccc(-c2nc(C(=O)N(Cc3ccc(C(F)(F)F)cc3)C3CC3)cs2)cc1OC. The number of hydrogen-bond acceptors (Lipinski definition) is 5. The minimum absolute atomic E-state index is 0.0797. The molecule has 5 nitrogen and oxygen atoms in total. The van der Waals surface area contributed by atoms with Crippen molar-refractivity contribution in [3.63, 3.8) is 0 Å². The quantitative estimate of drug-likeness (QED) is 0.455. The highest BCUT2D eigenvalue weighted by Crippen LogP contribution is 2.35. The van der Waals surface area contributed by atoms with Crippen LogP contribution in [0.3, 0.4) is 0 Å². The molecule has 1 aliphatic carbocycles. The summed E-state index contributed by atoms with van der Waals surface area (Å²) in [7, 11) is 3.11. The number of aromatic nitrogens is 1. The van der Waals surface area contributed by atoms with Gasteiger partial charge in [0.1, 0.15) is 10.7 Å². The summed E-state index contributed by atoms with van der Waals surface area (Å²) in [5.74, 6) is 0.936. The summed E-state index contributed by atoms with van der Waals surface area (Å²) in [6.07, 6.45) is -2.64. The first kappa shape index (κ1) is 22.1. The Balaban J connectivity index is 1.53. The highest BCUT2D eigenvalue weighted by atomic mass is 32.1. The fourth-order valence-corrected chi connectivity index (χ4v) is 4.16. The molecule has 4 rings (SSSR count). The summed E-state index contributed by atoms with van der Waals surface area (Å²) < 4.78 is 49.0. The number of thiazole rings is 1. The van der Waals surface area contributed by atoms with E-state index in [9.17, 15) is 18.0 Å². The average Bonchev–Trinajstić information content (AvgIpc) is 3.51. The van der Waals surface area contributed by atoms with E-state index in [1.807, 2.05) is 6.07 Å². The zero-order chi connectivity index (χ0) is 22.9. The Kier molecular flexibility index (Phi) is 6.10. The van der Waals surface area contributed by atoms with Gasteiger partial charge in [-0.3, -0.25) is 4.79 Å². The number of rotatable bonds is 7. The van der Waals surface area contributed by atoms with Crippen molar-refractivity contribution in [2.45, 2.75) is 31.6 Å². The number of amides is 1. The van der Waals surface area contributed by atoms with Crippen LogP contribution in [0, 0.1) is 0 Å². The van der Waals surface area contributed by atoms with Gasteiger partial charge in [0.05, 0.1) is 19.8 Å². The zero-order valence-electron chi connectivity index (χ0n) is 17.5. The molecule has 1 aromatic heterocycles. The molecule has 2 aromatic carbocycles. The molecular weight excluding hydrogens is 441 g/mol. The molecule has 1 saturated carbocycles. The van der Waals surface area contributed by atoms with Crippen LogP contribution in [0.25, 0.3) is 10.6 Å². The van der Waals surface area contributed by atoms with E-state index in [0.717, 1.165) is 30.5 Å². The van der Waals surface area contributed by atoms with Crippen molar-refractivity contribution in [1.82, 2.24) is 9.88 Å². The first-order chi connectivity index (χ1) is 15.3. The van der Waals surface area contributed by atoms with Crippen molar-refractivity contribution < 1.29 is 27.4 Å². The van der Waals surface area contributed by atoms with Crippen LogP contribution in [0.1, 0.15) is 34.5 Å². The second kappa shape index (κ2) is 8.82. The van der Waals surface area contributed by atoms with Crippen LogP contribution in [0.2, 0.25) is 0 Å². The van der Waals surface area contributed by atoms with Crippen LogP contribution in [-0.2, 0) is 12.7 Å². The molecule has 0 unspecified atom stereocenters. The van der Waals surface area contributed by atoms with Gasteiger partial charge in [-0.15, -0.1) is 11.3 Å². The van der Waals surface area contributed by atoms with Crippen molar-refractivity contribution in [1.29, 1.82) is 0 Å². The Hall–Kier alpha value is -3.07. The van der Waals surface area contributed by atoms with E-state index < -0.39 is 11.7 Å². The summed E-state index contributed by atoms with van der Waals surface area (Å²) in [6.45, 7) is 0.241. The largest absolute Gasteiger partial charge is 0.493 e. The highest BCUT2D eigenvalue weighted by molar-refractivity contribution is 7.13. The molecule has 1 heterocycles. The van der Waals surface area contributed by atoms with E-state index in [1.54, 1.807) is 36.6 Å². The predicted octanol–water partition coefficient (Wildman–Crippen LogP) is 5.65. The Morgan fingerprint density at radius 3 is 2.38 bits per heavy atom. The maximum Gasteiger partial charge on any atom is 0.416 e. The van der Waals surface area contributed by atoms with Gasteiger partial charge >= 0.3 is 6.18 Å². The van der Waals surface area contributed by atoms with Crippen molar-refractivity contribution >= 4 is 17.2 Å². The number of alkyl halides is 3. The molecule has 0 spiro atoms. The summed E-state index contributed by atoms with van der Waals surface area (Å²) >= 11 is 1.34. The third-order valence-electron chi connectivity index (χ3n) is 5.24. The van der Waals surface area contributed by atoms with E-state index in [-0.39, 0.29) is 18.5 Å². The third-order valence-corrected chi connectivity index (χ3v) is 6.13. The predicted molar refractivity (Wildman–Crippen MR) is 115 cm³/mol. The number of halogens is 3. The van der Waals surface area contributed by atoms with Gasteiger partial charge in [-0.1, -0.05) is 12.1 Å². The second-order valence-corrected chi connectivity index (χ2v) is 8.32. The molecule has 0 radical (unpaired) electrons. The van der Waals surface area contributed by atoms with Crippen LogP contribution in [0.4, 0.5) is 13.2 Å².